The third-order valence-electron chi connectivity index (χ3n) is 1.85. The summed E-state index contributed by atoms with van der Waals surface area (Å²) in [5.74, 6) is -0.631. The highest BCUT2D eigenvalue weighted by Gasteiger charge is 2.25. The lowest BCUT2D eigenvalue weighted by Gasteiger charge is -2.17. The predicted octanol–water partition coefficient (Wildman–Crippen LogP) is 1.03. The van der Waals surface area contributed by atoms with Crippen LogP contribution < -0.4 is 11.1 Å². The summed E-state index contributed by atoms with van der Waals surface area (Å²) in [6.07, 6.45) is 0. The summed E-state index contributed by atoms with van der Waals surface area (Å²) in [6, 6.07) is 0. The number of nitrogens with one attached hydrogen (secondary N) is 1. The molecule has 0 bridgehead atoms. The van der Waals surface area contributed by atoms with Crippen LogP contribution in [0.4, 0.5) is 5.13 Å². The lowest BCUT2D eigenvalue weighted by Crippen LogP contribution is -2.36. The van der Waals surface area contributed by atoms with Crippen molar-refractivity contribution in [1.82, 2.24) is 10.2 Å². The molecule has 1 aromatic heterocycles. The van der Waals surface area contributed by atoms with Crippen LogP contribution in [0.3, 0.4) is 0 Å². The zero-order chi connectivity index (χ0) is 11.4. The molecule has 7 heteroatoms. The third-order valence-corrected chi connectivity index (χ3v) is 2.71. The molecule has 1 atom stereocenters. The minimum Gasteiger partial charge on any atom is -0.393 e. The molecule has 1 aromatic rings. The van der Waals surface area contributed by atoms with E-state index in [-0.39, 0.29) is 16.8 Å². The summed E-state index contributed by atoms with van der Waals surface area (Å²) in [6.45, 7) is 3.78. The number of amides is 1. The number of carbonyl (C=O) groups is 1. The van der Waals surface area contributed by atoms with Gasteiger partial charge in [0.2, 0.25) is 11.0 Å². The molecule has 0 saturated carbocycles. The van der Waals surface area contributed by atoms with Gasteiger partial charge >= 0.3 is 0 Å². The Balaban J connectivity index is 2.69. The molecule has 0 aliphatic carbocycles. The molecule has 0 spiro atoms. The summed E-state index contributed by atoms with van der Waals surface area (Å²) >= 11 is 6.10. The van der Waals surface area contributed by atoms with Crippen molar-refractivity contribution in [1.29, 1.82) is 0 Å². The molecule has 0 fully saturated rings. The molecule has 1 amide bonds. The smallest absolute Gasteiger partial charge is 0.236 e. The third kappa shape index (κ3) is 3.21. The summed E-state index contributed by atoms with van der Waals surface area (Å²) < 4.78 is 0. The Bertz CT molecular complexity index is 350. The van der Waals surface area contributed by atoms with E-state index in [1.165, 1.54) is 11.3 Å². The maximum atomic E-state index is 11.8. The van der Waals surface area contributed by atoms with E-state index in [0.29, 0.717) is 5.13 Å². The van der Waals surface area contributed by atoms with Crippen molar-refractivity contribution in [3.05, 3.63) is 5.51 Å². The van der Waals surface area contributed by atoms with Crippen molar-refractivity contribution in [2.24, 2.45) is 17.6 Å². The molecule has 0 radical (unpaired) electrons. The number of anilines is 1. The van der Waals surface area contributed by atoms with Gasteiger partial charge < -0.3 is 5.73 Å². The normalized spacial score (nSPS) is 12.5. The molecule has 1 heterocycles. The summed E-state index contributed by atoms with van der Waals surface area (Å²) in [7, 11) is 0. The van der Waals surface area contributed by atoms with Crippen molar-refractivity contribution in [3.63, 3.8) is 0 Å². The van der Waals surface area contributed by atoms with Crippen LogP contribution in [-0.2, 0) is 4.79 Å². The number of thiocarbonyl (C=S) groups is 1. The Morgan fingerprint density at radius 1 is 1.67 bits per heavy atom. The van der Waals surface area contributed by atoms with Crippen molar-refractivity contribution in [2.75, 3.05) is 5.32 Å². The van der Waals surface area contributed by atoms with E-state index < -0.39 is 5.92 Å². The topological polar surface area (TPSA) is 80.9 Å². The fourth-order valence-corrected chi connectivity index (χ4v) is 2.00. The van der Waals surface area contributed by atoms with Crippen LogP contribution in [0, 0.1) is 11.8 Å². The minimum absolute atomic E-state index is 0.0652. The molecule has 0 saturated heterocycles. The largest absolute Gasteiger partial charge is 0.393 e. The molecular weight excluding hydrogens is 232 g/mol. The first kappa shape index (κ1) is 12.0. The van der Waals surface area contributed by atoms with E-state index >= 15 is 0 Å². The highest BCUT2D eigenvalue weighted by atomic mass is 32.1. The number of hydrogen-bond acceptors (Lipinski definition) is 5. The molecule has 0 aromatic carbocycles. The van der Waals surface area contributed by atoms with Crippen LogP contribution in [-0.4, -0.2) is 21.1 Å². The molecule has 82 valence electrons. The molecule has 3 N–H and O–H groups in total. The molecular formula is C8H12N4OS2. The zero-order valence-corrected chi connectivity index (χ0v) is 10.1. The van der Waals surface area contributed by atoms with Gasteiger partial charge in [0, 0.05) is 0 Å². The number of rotatable bonds is 4. The standard InChI is InChI=1S/C8H12N4OS2/c1-4(2)5(6(9)14)7(13)11-8-12-10-3-15-8/h3-5H,1-2H3,(H2,9,14)(H,11,12,13). The zero-order valence-electron chi connectivity index (χ0n) is 8.43. The monoisotopic (exact) mass is 244 g/mol. The van der Waals surface area contributed by atoms with Crippen LogP contribution >= 0.6 is 23.6 Å². The van der Waals surface area contributed by atoms with Crippen LogP contribution in [0.2, 0.25) is 0 Å². The summed E-state index contributed by atoms with van der Waals surface area (Å²) in [5.41, 5.74) is 7.05. The van der Waals surface area contributed by atoms with Gasteiger partial charge in [0.05, 0.1) is 10.9 Å². The molecule has 1 unspecified atom stereocenters. The number of nitrogens with two attached hydrogens (primary N) is 1. The summed E-state index contributed by atoms with van der Waals surface area (Å²) in [5, 5.41) is 10.4. The van der Waals surface area contributed by atoms with Gasteiger partial charge in [-0.25, -0.2) is 0 Å². The first-order valence-corrected chi connectivity index (χ1v) is 5.67. The van der Waals surface area contributed by atoms with Gasteiger partial charge in [0.15, 0.2) is 0 Å². The lowest BCUT2D eigenvalue weighted by atomic mass is 9.95. The van der Waals surface area contributed by atoms with E-state index in [2.05, 4.69) is 15.5 Å². The molecule has 1 rings (SSSR count). The lowest BCUT2D eigenvalue weighted by molar-refractivity contribution is -0.118. The predicted molar refractivity (Wildman–Crippen MR) is 63.7 cm³/mol. The maximum Gasteiger partial charge on any atom is 0.236 e. The Labute approximate surface area is 97.1 Å². The maximum absolute atomic E-state index is 11.8. The fourth-order valence-electron chi connectivity index (χ4n) is 1.17. The van der Waals surface area contributed by atoms with Gasteiger partial charge in [-0.3, -0.25) is 10.1 Å². The first-order valence-electron chi connectivity index (χ1n) is 4.38. The quantitative estimate of drug-likeness (QED) is 0.773. The Morgan fingerprint density at radius 3 is 2.73 bits per heavy atom. The van der Waals surface area contributed by atoms with Gasteiger partial charge in [0.25, 0.3) is 0 Å². The number of nitrogens with zero attached hydrogens (tertiary/aromatic N) is 2. The molecule has 0 aliphatic heterocycles. The highest BCUT2D eigenvalue weighted by Crippen LogP contribution is 2.15. The van der Waals surface area contributed by atoms with Crippen LogP contribution in [0.25, 0.3) is 0 Å². The van der Waals surface area contributed by atoms with Crippen molar-refractivity contribution < 1.29 is 4.79 Å². The van der Waals surface area contributed by atoms with Crippen LogP contribution in [0.1, 0.15) is 13.8 Å². The average molecular weight is 244 g/mol. The van der Waals surface area contributed by atoms with Gasteiger partial charge in [-0.1, -0.05) is 37.4 Å². The Hall–Kier alpha value is -1.08. The minimum atomic E-state index is -0.469. The van der Waals surface area contributed by atoms with Gasteiger partial charge in [-0.15, -0.1) is 10.2 Å². The molecule has 5 nitrogen and oxygen atoms in total. The highest BCUT2D eigenvalue weighted by molar-refractivity contribution is 7.80. The van der Waals surface area contributed by atoms with Crippen LogP contribution in [0.5, 0.6) is 0 Å². The molecule has 15 heavy (non-hydrogen) atoms. The molecule has 0 aliphatic rings. The van der Waals surface area contributed by atoms with E-state index in [4.69, 9.17) is 18.0 Å². The van der Waals surface area contributed by atoms with Crippen molar-refractivity contribution >= 4 is 39.6 Å². The second kappa shape index (κ2) is 5.13. The van der Waals surface area contributed by atoms with Crippen LogP contribution in [0.15, 0.2) is 5.51 Å². The number of hydrogen-bond donors (Lipinski definition) is 2. The van der Waals surface area contributed by atoms with E-state index in [1.807, 2.05) is 13.8 Å². The van der Waals surface area contributed by atoms with Gasteiger partial charge in [-0.2, -0.15) is 0 Å². The van der Waals surface area contributed by atoms with Crippen molar-refractivity contribution in [3.8, 4) is 0 Å². The number of carbonyl (C=O) groups excluding carboxylic acids is 1. The number of aromatic nitrogens is 2. The van der Waals surface area contributed by atoms with E-state index in [0.717, 1.165) is 0 Å². The second-order valence-electron chi connectivity index (χ2n) is 3.36. The summed E-state index contributed by atoms with van der Waals surface area (Å²) in [4.78, 5) is 12.0. The Kier molecular flexibility index (Phi) is 4.10. The first-order chi connectivity index (χ1) is 7.02. The van der Waals surface area contributed by atoms with Crippen molar-refractivity contribution in [2.45, 2.75) is 13.8 Å². The fraction of sp³-hybridized carbons (Fsp3) is 0.500. The Morgan fingerprint density at radius 2 is 2.33 bits per heavy atom. The SMILES string of the molecule is CC(C)C(C(=O)Nc1nncs1)C(N)=S. The average Bonchev–Trinajstić information content (AvgIpc) is 2.54. The van der Waals surface area contributed by atoms with Gasteiger partial charge in [-0.05, 0) is 5.92 Å². The second-order valence-corrected chi connectivity index (χ2v) is 4.66. The van der Waals surface area contributed by atoms with E-state index in [1.54, 1.807) is 5.51 Å². The van der Waals surface area contributed by atoms with Gasteiger partial charge in [0.1, 0.15) is 5.51 Å². The van der Waals surface area contributed by atoms with E-state index in [9.17, 15) is 4.79 Å².